The van der Waals surface area contributed by atoms with Crippen LogP contribution in [-0.4, -0.2) is 49.1 Å². The zero-order valence-corrected chi connectivity index (χ0v) is 13.4. The van der Waals surface area contributed by atoms with Crippen molar-refractivity contribution in [2.24, 2.45) is 0 Å². The van der Waals surface area contributed by atoms with Gasteiger partial charge in [-0.25, -0.2) is 0 Å². The van der Waals surface area contributed by atoms with Crippen molar-refractivity contribution >= 4 is 5.69 Å². The first-order valence-corrected chi connectivity index (χ1v) is 8.57. The lowest BCUT2D eigenvalue weighted by molar-refractivity contribution is 0.194. The van der Waals surface area contributed by atoms with Crippen LogP contribution < -0.4 is 5.32 Å². The van der Waals surface area contributed by atoms with Gasteiger partial charge in [0.2, 0.25) is 0 Å². The fraction of sp³-hybridized carbons (Fsp3) is 0.667. The van der Waals surface area contributed by atoms with Crippen molar-refractivity contribution in [1.82, 2.24) is 9.80 Å². The van der Waals surface area contributed by atoms with Crippen molar-refractivity contribution in [2.75, 3.05) is 38.5 Å². The second kappa shape index (κ2) is 7.28. The zero-order valence-electron chi connectivity index (χ0n) is 13.4. The number of anilines is 1. The predicted molar refractivity (Wildman–Crippen MR) is 89.7 cm³/mol. The van der Waals surface area contributed by atoms with Crippen LogP contribution in [0.25, 0.3) is 0 Å². The van der Waals surface area contributed by atoms with Gasteiger partial charge in [-0.2, -0.15) is 0 Å². The molecule has 0 aliphatic carbocycles. The van der Waals surface area contributed by atoms with E-state index in [2.05, 4.69) is 46.4 Å². The Labute approximate surface area is 129 Å². The topological polar surface area (TPSA) is 18.5 Å². The Hall–Kier alpha value is -1.06. The molecule has 0 aromatic heterocycles. The van der Waals surface area contributed by atoms with Gasteiger partial charge in [0.05, 0.1) is 0 Å². The normalized spacial score (nSPS) is 24.3. The molecule has 0 spiro atoms. The van der Waals surface area contributed by atoms with Gasteiger partial charge in [0, 0.05) is 24.8 Å². The Morgan fingerprint density at radius 2 is 1.71 bits per heavy atom. The minimum absolute atomic E-state index is 0.697. The first kappa shape index (κ1) is 14.9. The smallest absolute Gasteiger partial charge is 0.0340 e. The number of piperidine rings is 1. The summed E-state index contributed by atoms with van der Waals surface area (Å²) in [5.74, 6) is 0. The molecule has 1 unspecified atom stereocenters. The average Bonchev–Trinajstić information content (AvgIpc) is 3.01. The fourth-order valence-corrected chi connectivity index (χ4v) is 3.56. The van der Waals surface area contributed by atoms with E-state index >= 15 is 0 Å². The summed E-state index contributed by atoms with van der Waals surface area (Å²) in [6.45, 7) is 5.98. The quantitative estimate of drug-likeness (QED) is 0.897. The highest BCUT2D eigenvalue weighted by molar-refractivity contribution is 5.44. The molecule has 21 heavy (non-hydrogen) atoms. The molecule has 1 atom stereocenters. The molecule has 3 rings (SSSR count). The van der Waals surface area contributed by atoms with E-state index in [1.807, 2.05) is 0 Å². The van der Waals surface area contributed by atoms with Gasteiger partial charge in [0.1, 0.15) is 0 Å². The summed E-state index contributed by atoms with van der Waals surface area (Å²) in [5.41, 5.74) is 2.70. The van der Waals surface area contributed by atoms with E-state index in [1.165, 1.54) is 63.0 Å². The van der Waals surface area contributed by atoms with Crippen LogP contribution in [0.4, 0.5) is 5.69 Å². The van der Waals surface area contributed by atoms with Crippen LogP contribution in [0.15, 0.2) is 24.3 Å². The Balaban J connectivity index is 1.47. The van der Waals surface area contributed by atoms with E-state index in [1.54, 1.807) is 0 Å². The number of benzene rings is 1. The molecule has 2 aliphatic heterocycles. The lowest BCUT2D eigenvalue weighted by atomic mass is 10.0. The van der Waals surface area contributed by atoms with E-state index in [9.17, 15) is 0 Å². The largest absolute Gasteiger partial charge is 0.383 e. The average molecular weight is 287 g/mol. The molecule has 2 fully saturated rings. The van der Waals surface area contributed by atoms with Crippen LogP contribution in [0.3, 0.4) is 0 Å². The SMILES string of the molecule is CN1CCCCC1CNc1ccc(CN2CCCC2)cc1. The molecule has 1 aromatic carbocycles. The van der Waals surface area contributed by atoms with Crippen LogP contribution in [0.2, 0.25) is 0 Å². The van der Waals surface area contributed by atoms with Gasteiger partial charge in [-0.05, 0) is 70.1 Å². The van der Waals surface area contributed by atoms with E-state index in [0.717, 1.165) is 13.1 Å². The highest BCUT2D eigenvalue weighted by Crippen LogP contribution is 2.18. The summed E-state index contributed by atoms with van der Waals surface area (Å²) >= 11 is 0. The molecular formula is C18H29N3. The van der Waals surface area contributed by atoms with Gasteiger partial charge >= 0.3 is 0 Å². The van der Waals surface area contributed by atoms with Crippen molar-refractivity contribution in [2.45, 2.75) is 44.7 Å². The molecule has 0 amide bonds. The summed E-state index contributed by atoms with van der Waals surface area (Å²) in [6.07, 6.45) is 6.81. The molecule has 116 valence electrons. The standard InChI is InChI=1S/C18H29N3/c1-20-11-3-2-6-18(20)14-19-17-9-7-16(8-10-17)15-21-12-4-5-13-21/h7-10,18-19H,2-6,11-15H2,1H3. The van der Waals surface area contributed by atoms with Crippen LogP contribution in [0, 0.1) is 0 Å². The van der Waals surface area contributed by atoms with Gasteiger partial charge in [-0.1, -0.05) is 18.6 Å². The molecule has 0 saturated carbocycles. The number of hydrogen-bond donors (Lipinski definition) is 1. The number of rotatable bonds is 5. The number of nitrogens with one attached hydrogen (secondary N) is 1. The van der Waals surface area contributed by atoms with Crippen molar-refractivity contribution in [3.63, 3.8) is 0 Å². The third-order valence-electron chi connectivity index (χ3n) is 5.02. The molecule has 1 aromatic rings. The number of nitrogens with zero attached hydrogens (tertiary/aromatic N) is 2. The minimum atomic E-state index is 0.697. The van der Waals surface area contributed by atoms with Crippen molar-refractivity contribution < 1.29 is 0 Å². The Bertz CT molecular complexity index is 423. The van der Waals surface area contributed by atoms with Crippen molar-refractivity contribution in [3.05, 3.63) is 29.8 Å². The number of likely N-dealkylation sites (tertiary alicyclic amines) is 2. The molecule has 1 N–H and O–H groups in total. The van der Waals surface area contributed by atoms with Crippen LogP contribution >= 0.6 is 0 Å². The Morgan fingerprint density at radius 1 is 1.00 bits per heavy atom. The van der Waals surface area contributed by atoms with E-state index in [-0.39, 0.29) is 0 Å². The van der Waals surface area contributed by atoms with Crippen LogP contribution in [0.5, 0.6) is 0 Å². The van der Waals surface area contributed by atoms with Gasteiger partial charge in [-0.3, -0.25) is 4.90 Å². The van der Waals surface area contributed by atoms with E-state index < -0.39 is 0 Å². The van der Waals surface area contributed by atoms with Gasteiger partial charge in [0.15, 0.2) is 0 Å². The second-order valence-corrected chi connectivity index (χ2v) is 6.69. The first-order valence-electron chi connectivity index (χ1n) is 8.57. The predicted octanol–water partition coefficient (Wildman–Crippen LogP) is 3.18. The van der Waals surface area contributed by atoms with E-state index in [4.69, 9.17) is 0 Å². The molecular weight excluding hydrogens is 258 g/mol. The molecule has 0 radical (unpaired) electrons. The van der Waals surface area contributed by atoms with Gasteiger partial charge in [0.25, 0.3) is 0 Å². The summed E-state index contributed by atoms with van der Waals surface area (Å²) in [6, 6.07) is 9.75. The van der Waals surface area contributed by atoms with Crippen LogP contribution in [-0.2, 0) is 6.54 Å². The maximum Gasteiger partial charge on any atom is 0.0340 e. The summed E-state index contributed by atoms with van der Waals surface area (Å²) in [7, 11) is 2.25. The third-order valence-corrected chi connectivity index (χ3v) is 5.02. The van der Waals surface area contributed by atoms with Crippen molar-refractivity contribution in [3.8, 4) is 0 Å². The fourth-order valence-electron chi connectivity index (χ4n) is 3.56. The minimum Gasteiger partial charge on any atom is -0.383 e. The molecule has 0 bridgehead atoms. The molecule has 3 nitrogen and oxygen atoms in total. The molecule has 2 aliphatic rings. The van der Waals surface area contributed by atoms with Crippen LogP contribution in [0.1, 0.15) is 37.7 Å². The summed E-state index contributed by atoms with van der Waals surface area (Å²) in [4.78, 5) is 5.05. The summed E-state index contributed by atoms with van der Waals surface area (Å²) < 4.78 is 0. The lowest BCUT2D eigenvalue weighted by Gasteiger charge is -2.32. The second-order valence-electron chi connectivity index (χ2n) is 6.69. The Kier molecular flexibility index (Phi) is 5.15. The monoisotopic (exact) mass is 287 g/mol. The van der Waals surface area contributed by atoms with Crippen molar-refractivity contribution in [1.29, 1.82) is 0 Å². The van der Waals surface area contributed by atoms with Gasteiger partial charge in [-0.15, -0.1) is 0 Å². The highest BCUT2D eigenvalue weighted by Gasteiger charge is 2.18. The number of hydrogen-bond acceptors (Lipinski definition) is 3. The summed E-state index contributed by atoms with van der Waals surface area (Å²) in [5, 5.41) is 3.61. The number of likely N-dealkylation sites (N-methyl/N-ethyl adjacent to an activating group) is 1. The third kappa shape index (κ3) is 4.21. The molecule has 3 heteroatoms. The Morgan fingerprint density at radius 3 is 2.43 bits per heavy atom. The molecule has 2 heterocycles. The van der Waals surface area contributed by atoms with Gasteiger partial charge < -0.3 is 10.2 Å². The first-order chi connectivity index (χ1) is 10.3. The lowest BCUT2D eigenvalue weighted by Crippen LogP contribution is -2.40. The van der Waals surface area contributed by atoms with E-state index in [0.29, 0.717) is 6.04 Å². The zero-order chi connectivity index (χ0) is 14.5. The highest BCUT2D eigenvalue weighted by atomic mass is 15.2. The maximum absolute atomic E-state index is 3.61. The maximum atomic E-state index is 3.61. The molecule has 2 saturated heterocycles.